The van der Waals surface area contributed by atoms with Crippen molar-refractivity contribution >= 4 is 11.8 Å². The van der Waals surface area contributed by atoms with Gasteiger partial charge in [-0.25, -0.2) is 0 Å². The lowest BCUT2D eigenvalue weighted by molar-refractivity contribution is -0.174. The highest BCUT2D eigenvalue weighted by atomic mass is 32.2. The Hall–Kier alpha value is -2.15. The Morgan fingerprint density at radius 1 is 0.727 bits per heavy atom. The van der Waals surface area contributed by atoms with Crippen molar-refractivity contribution in [3.63, 3.8) is 0 Å². The molecule has 0 spiro atoms. The van der Waals surface area contributed by atoms with Crippen LogP contribution >= 0.6 is 11.8 Å². The van der Waals surface area contributed by atoms with Gasteiger partial charge in [0.15, 0.2) is 0 Å². The van der Waals surface area contributed by atoms with E-state index in [2.05, 4.69) is 43.3 Å². The minimum atomic E-state index is -0.620. The molecule has 33 heavy (non-hydrogen) atoms. The largest absolute Gasteiger partial charge is 0.376 e. The van der Waals surface area contributed by atoms with Gasteiger partial charge in [0.05, 0.1) is 31.7 Å². The standard InChI is InChI=1S/C28H32O4S/c1-28(32-20-24-16-10-5-11-17-24)26(31-19-23-14-8-4-9-15-23)25(33-27(28)29-2)21-30-18-22-12-6-3-7-13-22/h3-17,25-27H,18-21H2,1-2H3/t25-,26-,27?,28-/m1/s1. The zero-order valence-electron chi connectivity index (χ0n) is 19.3. The van der Waals surface area contributed by atoms with Crippen LogP contribution in [-0.2, 0) is 38.8 Å². The fourth-order valence-electron chi connectivity index (χ4n) is 4.15. The summed E-state index contributed by atoms with van der Waals surface area (Å²) in [5.74, 6) is 0. The van der Waals surface area contributed by atoms with Crippen LogP contribution in [0, 0.1) is 0 Å². The van der Waals surface area contributed by atoms with Crippen LogP contribution < -0.4 is 0 Å². The predicted octanol–water partition coefficient (Wildman–Crippen LogP) is 5.85. The molecule has 1 fully saturated rings. The highest BCUT2D eigenvalue weighted by Gasteiger charge is 2.55. The Labute approximate surface area is 201 Å². The summed E-state index contributed by atoms with van der Waals surface area (Å²) in [6, 6.07) is 30.7. The topological polar surface area (TPSA) is 36.9 Å². The summed E-state index contributed by atoms with van der Waals surface area (Å²) >= 11 is 1.73. The first kappa shape index (κ1) is 24.0. The molecule has 0 saturated carbocycles. The number of hydrogen-bond donors (Lipinski definition) is 0. The van der Waals surface area contributed by atoms with Gasteiger partial charge in [0.2, 0.25) is 0 Å². The van der Waals surface area contributed by atoms with Crippen molar-refractivity contribution in [1.29, 1.82) is 0 Å². The lowest BCUT2D eigenvalue weighted by atomic mass is 9.96. The maximum absolute atomic E-state index is 6.55. The molecule has 1 saturated heterocycles. The van der Waals surface area contributed by atoms with Gasteiger partial charge in [0, 0.05) is 7.11 Å². The molecule has 0 N–H and O–H groups in total. The summed E-state index contributed by atoms with van der Waals surface area (Å²) < 4.78 is 25.1. The van der Waals surface area contributed by atoms with Crippen molar-refractivity contribution in [2.75, 3.05) is 13.7 Å². The molecule has 4 rings (SSSR count). The van der Waals surface area contributed by atoms with Crippen molar-refractivity contribution in [2.24, 2.45) is 0 Å². The van der Waals surface area contributed by atoms with E-state index >= 15 is 0 Å². The van der Waals surface area contributed by atoms with Crippen molar-refractivity contribution in [2.45, 2.75) is 49.1 Å². The Balaban J connectivity index is 1.48. The van der Waals surface area contributed by atoms with E-state index in [9.17, 15) is 0 Å². The van der Waals surface area contributed by atoms with E-state index in [1.807, 2.05) is 54.6 Å². The Morgan fingerprint density at radius 2 is 1.24 bits per heavy atom. The van der Waals surface area contributed by atoms with Crippen LogP contribution in [0.15, 0.2) is 91.0 Å². The molecule has 0 radical (unpaired) electrons. The fourth-order valence-corrected chi connectivity index (χ4v) is 5.72. The molecular weight excluding hydrogens is 432 g/mol. The molecule has 0 amide bonds. The van der Waals surface area contributed by atoms with E-state index in [4.69, 9.17) is 18.9 Å². The maximum Gasteiger partial charge on any atom is 0.134 e. The van der Waals surface area contributed by atoms with Crippen molar-refractivity contribution < 1.29 is 18.9 Å². The molecule has 174 valence electrons. The molecular formula is C28H32O4S. The zero-order chi connectivity index (χ0) is 22.9. The van der Waals surface area contributed by atoms with E-state index in [0.717, 1.165) is 16.7 Å². The second kappa shape index (κ2) is 11.8. The van der Waals surface area contributed by atoms with E-state index in [1.165, 1.54) is 0 Å². The molecule has 4 atom stereocenters. The Kier molecular flexibility index (Phi) is 8.59. The second-order valence-electron chi connectivity index (χ2n) is 8.42. The fraction of sp³-hybridized carbons (Fsp3) is 0.357. The van der Waals surface area contributed by atoms with Crippen molar-refractivity contribution in [3.8, 4) is 0 Å². The van der Waals surface area contributed by atoms with E-state index < -0.39 is 5.60 Å². The minimum Gasteiger partial charge on any atom is -0.376 e. The third-order valence-corrected chi connectivity index (χ3v) is 7.58. The Morgan fingerprint density at radius 3 is 1.79 bits per heavy atom. The number of ether oxygens (including phenoxy) is 4. The predicted molar refractivity (Wildman–Crippen MR) is 133 cm³/mol. The van der Waals surface area contributed by atoms with E-state index in [1.54, 1.807) is 18.9 Å². The van der Waals surface area contributed by atoms with Gasteiger partial charge in [-0.15, -0.1) is 11.8 Å². The van der Waals surface area contributed by atoms with Crippen molar-refractivity contribution in [3.05, 3.63) is 108 Å². The Bertz CT molecular complexity index is 953. The molecule has 0 bridgehead atoms. The van der Waals surface area contributed by atoms with Gasteiger partial charge < -0.3 is 18.9 Å². The highest BCUT2D eigenvalue weighted by molar-refractivity contribution is 8.00. The third kappa shape index (κ3) is 6.25. The zero-order valence-corrected chi connectivity index (χ0v) is 20.1. The number of rotatable bonds is 11. The number of hydrogen-bond acceptors (Lipinski definition) is 5. The van der Waals surface area contributed by atoms with Crippen LogP contribution in [-0.4, -0.2) is 36.1 Å². The molecule has 0 aliphatic carbocycles. The molecule has 3 aromatic carbocycles. The molecule has 1 heterocycles. The molecule has 3 aromatic rings. The van der Waals surface area contributed by atoms with Gasteiger partial charge in [-0.05, 0) is 23.6 Å². The first-order chi connectivity index (χ1) is 16.2. The molecule has 4 nitrogen and oxygen atoms in total. The SMILES string of the molecule is COC1S[C@H](COCc2ccccc2)[C@@H](OCc2ccccc2)[C@@]1(C)OCc1ccccc1. The van der Waals surface area contributed by atoms with Crippen LogP contribution in [0.2, 0.25) is 0 Å². The second-order valence-corrected chi connectivity index (χ2v) is 9.72. The average Bonchev–Trinajstić information content (AvgIpc) is 3.14. The lowest BCUT2D eigenvalue weighted by Gasteiger charge is -2.36. The highest BCUT2D eigenvalue weighted by Crippen LogP contribution is 2.46. The normalized spacial score (nSPS) is 24.7. The summed E-state index contributed by atoms with van der Waals surface area (Å²) in [6.45, 7) is 4.25. The van der Waals surface area contributed by atoms with Gasteiger partial charge in [0.1, 0.15) is 17.1 Å². The monoisotopic (exact) mass is 464 g/mol. The van der Waals surface area contributed by atoms with Gasteiger partial charge in [-0.2, -0.15) is 0 Å². The van der Waals surface area contributed by atoms with Crippen LogP contribution in [0.3, 0.4) is 0 Å². The van der Waals surface area contributed by atoms with Gasteiger partial charge in [0.25, 0.3) is 0 Å². The lowest BCUT2D eigenvalue weighted by Crippen LogP contribution is -2.50. The van der Waals surface area contributed by atoms with E-state index in [0.29, 0.717) is 26.4 Å². The van der Waals surface area contributed by atoms with Crippen LogP contribution in [0.1, 0.15) is 23.6 Å². The number of thioether (sulfide) groups is 1. The minimum absolute atomic E-state index is 0.0862. The first-order valence-electron chi connectivity index (χ1n) is 11.3. The van der Waals surface area contributed by atoms with Crippen LogP contribution in [0.4, 0.5) is 0 Å². The summed E-state index contributed by atoms with van der Waals surface area (Å²) in [7, 11) is 1.74. The summed E-state index contributed by atoms with van der Waals surface area (Å²) in [4.78, 5) is 0. The summed E-state index contributed by atoms with van der Waals surface area (Å²) in [5, 5.41) is 0.0862. The van der Waals surface area contributed by atoms with Crippen LogP contribution in [0.5, 0.6) is 0 Å². The molecule has 0 aromatic heterocycles. The molecule has 1 unspecified atom stereocenters. The molecule has 5 heteroatoms. The molecule has 1 aliphatic rings. The van der Waals surface area contributed by atoms with E-state index in [-0.39, 0.29) is 16.8 Å². The quantitative estimate of drug-likeness (QED) is 0.356. The smallest absolute Gasteiger partial charge is 0.134 e. The maximum atomic E-state index is 6.55. The summed E-state index contributed by atoms with van der Waals surface area (Å²) in [5.41, 5.74) is 2.65. The van der Waals surface area contributed by atoms with Crippen molar-refractivity contribution in [1.82, 2.24) is 0 Å². The molecule has 1 aliphatic heterocycles. The van der Waals surface area contributed by atoms with Gasteiger partial charge >= 0.3 is 0 Å². The average molecular weight is 465 g/mol. The first-order valence-corrected chi connectivity index (χ1v) is 12.3. The number of benzene rings is 3. The van der Waals surface area contributed by atoms with Crippen LogP contribution in [0.25, 0.3) is 0 Å². The third-order valence-electron chi connectivity index (χ3n) is 5.94. The number of methoxy groups -OCH3 is 1. The summed E-state index contributed by atoms with van der Waals surface area (Å²) in [6.07, 6.45) is -0.188. The van der Waals surface area contributed by atoms with Gasteiger partial charge in [-0.1, -0.05) is 91.0 Å². The van der Waals surface area contributed by atoms with Gasteiger partial charge in [-0.3, -0.25) is 0 Å².